The molecule has 0 aliphatic carbocycles. The number of carbonyl (C=O) groups is 1. The van der Waals surface area contributed by atoms with Gasteiger partial charge in [-0.05, 0) is 24.3 Å². The monoisotopic (exact) mass is 239 g/mol. The number of carboxylic acid groups (broad SMARTS) is 1. The minimum atomic E-state index is -1.05. The molecule has 0 spiro atoms. The molecule has 0 bridgehead atoms. The Morgan fingerprint density at radius 2 is 1.89 bits per heavy atom. The average Bonchev–Trinajstić information content (AvgIpc) is 2.37. The van der Waals surface area contributed by atoms with Gasteiger partial charge in [0.1, 0.15) is 5.75 Å². The second-order valence-electron chi connectivity index (χ2n) is 4.01. The number of hydrogen-bond donors (Lipinski definition) is 2. The van der Waals surface area contributed by atoms with E-state index in [4.69, 9.17) is 5.11 Å². The van der Waals surface area contributed by atoms with Crippen molar-refractivity contribution >= 4 is 27.8 Å². The van der Waals surface area contributed by atoms with E-state index in [-0.39, 0.29) is 11.3 Å². The normalized spacial score (nSPS) is 10.9. The highest BCUT2D eigenvalue weighted by atomic mass is 16.4. The van der Waals surface area contributed by atoms with Crippen LogP contribution in [0.4, 0.5) is 0 Å². The van der Waals surface area contributed by atoms with Gasteiger partial charge in [-0.25, -0.2) is 9.78 Å². The Labute approximate surface area is 102 Å². The maximum Gasteiger partial charge on any atom is 0.337 e. The summed E-state index contributed by atoms with van der Waals surface area (Å²) in [7, 11) is 0. The van der Waals surface area contributed by atoms with Crippen molar-refractivity contribution in [1.82, 2.24) is 4.98 Å². The van der Waals surface area contributed by atoms with Gasteiger partial charge in [0, 0.05) is 10.8 Å². The predicted octanol–water partition coefficient (Wildman–Crippen LogP) is 2.79. The lowest BCUT2D eigenvalue weighted by Gasteiger charge is -2.06. The van der Waals surface area contributed by atoms with Crippen LogP contribution in [0, 0.1) is 0 Å². The number of benzene rings is 2. The van der Waals surface area contributed by atoms with Gasteiger partial charge in [0.2, 0.25) is 0 Å². The Morgan fingerprint density at radius 1 is 1.11 bits per heavy atom. The van der Waals surface area contributed by atoms with Crippen LogP contribution in [0.5, 0.6) is 5.75 Å². The van der Waals surface area contributed by atoms with Crippen LogP contribution in [-0.4, -0.2) is 21.2 Å². The number of aromatic hydroxyl groups is 1. The number of carboxylic acids is 1. The first-order chi connectivity index (χ1) is 8.66. The Balaban J connectivity index is 2.52. The van der Waals surface area contributed by atoms with Gasteiger partial charge in [-0.15, -0.1) is 0 Å². The largest absolute Gasteiger partial charge is 0.507 e. The van der Waals surface area contributed by atoms with Crippen LogP contribution >= 0.6 is 0 Å². The molecule has 2 N–H and O–H groups in total. The molecule has 0 saturated carbocycles. The summed E-state index contributed by atoms with van der Waals surface area (Å²) < 4.78 is 0. The first-order valence-corrected chi connectivity index (χ1v) is 5.41. The van der Waals surface area contributed by atoms with Gasteiger partial charge in [0.15, 0.2) is 0 Å². The number of phenolic OH excluding ortho intramolecular Hbond substituents is 1. The van der Waals surface area contributed by atoms with Crippen molar-refractivity contribution in [3.05, 3.63) is 48.0 Å². The molecular formula is C14H9NO3. The second-order valence-corrected chi connectivity index (χ2v) is 4.01. The van der Waals surface area contributed by atoms with Gasteiger partial charge < -0.3 is 10.2 Å². The molecule has 1 heterocycles. The van der Waals surface area contributed by atoms with Crippen molar-refractivity contribution in [3.63, 3.8) is 0 Å². The lowest BCUT2D eigenvalue weighted by molar-refractivity contribution is 0.0699. The molecule has 1 aromatic heterocycles. The van der Waals surface area contributed by atoms with Crippen molar-refractivity contribution in [2.24, 2.45) is 0 Å². The average molecular weight is 239 g/mol. The number of fused-ring (bicyclic) bond motifs is 2. The van der Waals surface area contributed by atoms with E-state index >= 15 is 0 Å². The molecule has 18 heavy (non-hydrogen) atoms. The highest BCUT2D eigenvalue weighted by Gasteiger charge is 2.13. The number of aromatic carboxylic acids is 1. The fourth-order valence-electron chi connectivity index (χ4n) is 2.02. The molecule has 0 aliphatic heterocycles. The van der Waals surface area contributed by atoms with Crippen LogP contribution < -0.4 is 0 Å². The molecule has 88 valence electrons. The summed E-state index contributed by atoms with van der Waals surface area (Å²) in [4.78, 5) is 15.5. The molecule has 0 unspecified atom stereocenters. The van der Waals surface area contributed by atoms with E-state index in [0.717, 1.165) is 5.39 Å². The van der Waals surface area contributed by atoms with Crippen molar-refractivity contribution in [3.8, 4) is 5.75 Å². The quantitative estimate of drug-likeness (QED) is 0.640. The zero-order valence-corrected chi connectivity index (χ0v) is 9.29. The van der Waals surface area contributed by atoms with Gasteiger partial charge in [0.25, 0.3) is 0 Å². The number of nitrogens with zero attached hydrogens (tertiary/aromatic N) is 1. The molecule has 4 nitrogen and oxygen atoms in total. The lowest BCUT2D eigenvalue weighted by Crippen LogP contribution is -1.99. The third-order valence-electron chi connectivity index (χ3n) is 2.89. The summed E-state index contributed by atoms with van der Waals surface area (Å²) in [6, 6.07) is 11.9. The number of hydrogen-bond acceptors (Lipinski definition) is 3. The summed E-state index contributed by atoms with van der Waals surface area (Å²) in [6.07, 6.45) is 0. The third kappa shape index (κ3) is 1.47. The lowest BCUT2D eigenvalue weighted by atomic mass is 10.1. The molecule has 4 heteroatoms. The summed E-state index contributed by atoms with van der Waals surface area (Å²) in [5, 5.41) is 20.2. The smallest absolute Gasteiger partial charge is 0.337 e. The van der Waals surface area contributed by atoms with Gasteiger partial charge in [-0.3, -0.25) is 0 Å². The Bertz CT molecular complexity index is 780. The predicted molar refractivity (Wildman–Crippen MR) is 67.9 cm³/mol. The van der Waals surface area contributed by atoms with Crippen molar-refractivity contribution in [2.75, 3.05) is 0 Å². The highest BCUT2D eigenvalue weighted by Crippen LogP contribution is 2.29. The molecule has 3 rings (SSSR count). The van der Waals surface area contributed by atoms with E-state index in [9.17, 15) is 9.90 Å². The zero-order valence-electron chi connectivity index (χ0n) is 9.29. The van der Waals surface area contributed by atoms with E-state index < -0.39 is 5.97 Å². The maximum absolute atomic E-state index is 11.1. The van der Waals surface area contributed by atoms with Crippen LogP contribution in [0.2, 0.25) is 0 Å². The molecule has 2 aromatic carbocycles. The molecule has 0 aliphatic rings. The number of aromatic nitrogens is 1. The summed E-state index contributed by atoms with van der Waals surface area (Å²) in [5.74, 6) is -1.02. The number of para-hydroxylation sites is 1. The van der Waals surface area contributed by atoms with Gasteiger partial charge >= 0.3 is 5.97 Å². The standard InChI is InChI=1S/C14H9NO3/c16-12-6-5-9(14(17)18)13-10(12)7-8-3-1-2-4-11(8)15-13/h1-7,16H,(H,17,18). The molecule has 0 fully saturated rings. The van der Waals surface area contributed by atoms with Crippen LogP contribution in [0.1, 0.15) is 10.4 Å². The Kier molecular flexibility index (Phi) is 2.16. The number of rotatable bonds is 1. The zero-order chi connectivity index (χ0) is 12.7. The number of pyridine rings is 1. The van der Waals surface area contributed by atoms with Crippen LogP contribution in [0.25, 0.3) is 21.8 Å². The maximum atomic E-state index is 11.1. The van der Waals surface area contributed by atoms with Crippen LogP contribution in [0.15, 0.2) is 42.5 Å². The molecule has 0 atom stereocenters. The van der Waals surface area contributed by atoms with Crippen molar-refractivity contribution < 1.29 is 15.0 Å². The first kappa shape index (κ1) is 10.5. The van der Waals surface area contributed by atoms with Gasteiger partial charge in [-0.1, -0.05) is 18.2 Å². The molecule has 0 radical (unpaired) electrons. The minimum Gasteiger partial charge on any atom is -0.507 e. The van der Waals surface area contributed by atoms with E-state index in [1.165, 1.54) is 12.1 Å². The van der Waals surface area contributed by atoms with Gasteiger partial charge in [-0.2, -0.15) is 0 Å². The Morgan fingerprint density at radius 3 is 2.67 bits per heavy atom. The minimum absolute atomic E-state index is 0.0354. The fourth-order valence-corrected chi connectivity index (χ4v) is 2.02. The number of phenols is 1. The second kappa shape index (κ2) is 3.70. The molecule has 0 saturated heterocycles. The fraction of sp³-hybridized carbons (Fsp3) is 0. The summed E-state index contributed by atoms with van der Waals surface area (Å²) >= 11 is 0. The van der Waals surface area contributed by atoms with E-state index in [1.54, 1.807) is 6.07 Å². The Hall–Kier alpha value is -2.62. The molecular weight excluding hydrogens is 230 g/mol. The summed E-state index contributed by atoms with van der Waals surface area (Å²) in [5.41, 5.74) is 1.10. The molecule has 0 amide bonds. The van der Waals surface area contributed by atoms with E-state index in [2.05, 4.69) is 4.98 Å². The third-order valence-corrected chi connectivity index (χ3v) is 2.89. The van der Waals surface area contributed by atoms with Crippen molar-refractivity contribution in [2.45, 2.75) is 0 Å². The topological polar surface area (TPSA) is 70.4 Å². The highest BCUT2D eigenvalue weighted by molar-refractivity contribution is 6.06. The van der Waals surface area contributed by atoms with E-state index in [1.807, 2.05) is 24.3 Å². The van der Waals surface area contributed by atoms with Crippen molar-refractivity contribution in [1.29, 1.82) is 0 Å². The van der Waals surface area contributed by atoms with E-state index in [0.29, 0.717) is 16.4 Å². The summed E-state index contributed by atoms with van der Waals surface area (Å²) in [6.45, 7) is 0. The van der Waals surface area contributed by atoms with Crippen LogP contribution in [0.3, 0.4) is 0 Å². The van der Waals surface area contributed by atoms with Gasteiger partial charge in [0.05, 0.1) is 16.6 Å². The van der Waals surface area contributed by atoms with Crippen LogP contribution in [-0.2, 0) is 0 Å². The first-order valence-electron chi connectivity index (χ1n) is 5.41. The SMILES string of the molecule is O=C(O)c1ccc(O)c2cc3ccccc3nc12. The molecule has 3 aromatic rings.